The Bertz CT molecular complexity index is 337. The van der Waals surface area contributed by atoms with Gasteiger partial charge in [0.1, 0.15) is 11.6 Å². The summed E-state index contributed by atoms with van der Waals surface area (Å²) in [6, 6.07) is 2.60. The number of aryl methyl sites for hydroxylation is 1. The molecule has 0 aromatic heterocycles. The number of halogens is 2. The van der Waals surface area contributed by atoms with Gasteiger partial charge in [0.25, 0.3) is 0 Å². The first-order valence-corrected chi connectivity index (χ1v) is 5.26. The van der Waals surface area contributed by atoms with Gasteiger partial charge in [0, 0.05) is 12.1 Å². The van der Waals surface area contributed by atoms with Gasteiger partial charge in [-0.3, -0.25) is 0 Å². The third-order valence-corrected chi connectivity index (χ3v) is 2.37. The van der Waals surface area contributed by atoms with Crippen LogP contribution in [0, 0.1) is 18.6 Å². The van der Waals surface area contributed by atoms with Crippen molar-refractivity contribution >= 4 is 5.69 Å². The summed E-state index contributed by atoms with van der Waals surface area (Å²) in [4.78, 5) is 0. The highest BCUT2D eigenvalue weighted by atomic mass is 19.1. The molecule has 1 aromatic carbocycles. The Kier molecular flexibility index (Phi) is 4.06. The van der Waals surface area contributed by atoms with Gasteiger partial charge in [-0.2, -0.15) is 0 Å². The summed E-state index contributed by atoms with van der Waals surface area (Å²) in [5.74, 6) is -0.764. The summed E-state index contributed by atoms with van der Waals surface area (Å²) >= 11 is 0. The van der Waals surface area contributed by atoms with Crippen molar-refractivity contribution in [3.05, 3.63) is 29.3 Å². The SMILES string of the molecule is CCCC(C)Nc1cc(F)c(C)cc1F. The summed E-state index contributed by atoms with van der Waals surface area (Å²) in [5.41, 5.74) is 0.584. The molecular weight excluding hydrogens is 196 g/mol. The number of hydrogen-bond donors (Lipinski definition) is 1. The maximum Gasteiger partial charge on any atom is 0.146 e. The van der Waals surface area contributed by atoms with E-state index >= 15 is 0 Å². The lowest BCUT2D eigenvalue weighted by atomic mass is 10.1. The molecule has 15 heavy (non-hydrogen) atoms. The molecule has 3 heteroatoms. The van der Waals surface area contributed by atoms with E-state index in [0.29, 0.717) is 5.56 Å². The Morgan fingerprint density at radius 3 is 2.53 bits per heavy atom. The highest BCUT2D eigenvalue weighted by Gasteiger charge is 2.09. The zero-order valence-electron chi connectivity index (χ0n) is 9.40. The Labute approximate surface area is 89.5 Å². The van der Waals surface area contributed by atoms with Crippen molar-refractivity contribution in [1.29, 1.82) is 0 Å². The van der Waals surface area contributed by atoms with Crippen LogP contribution in [0.2, 0.25) is 0 Å². The van der Waals surface area contributed by atoms with Crippen molar-refractivity contribution < 1.29 is 8.78 Å². The van der Waals surface area contributed by atoms with Crippen LogP contribution in [0.4, 0.5) is 14.5 Å². The molecule has 1 aromatic rings. The van der Waals surface area contributed by atoms with Gasteiger partial charge in [-0.05, 0) is 31.9 Å². The number of rotatable bonds is 4. The Morgan fingerprint density at radius 1 is 1.27 bits per heavy atom. The molecule has 0 aliphatic rings. The molecule has 1 N–H and O–H groups in total. The van der Waals surface area contributed by atoms with Crippen LogP contribution in [0.3, 0.4) is 0 Å². The van der Waals surface area contributed by atoms with Gasteiger partial charge >= 0.3 is 0 Å². The summed E-state index contributed by atoms with van der Waals surface area (Å²) in [6.07, 6.45) is 1.96. The van der Waals surface area contributed by atoms with Gasteiger partial charge in [-0.1, -0.05) is 13.3 Å². The van der Waals surface area contributed by atoms with Crippen LogP contribution in [-0.2, 0) is 0 Å². The minimum absolute atomic E-state index is 0.159. The molecule has 0 bridgehead atoms. The number of hydrogen-bond acceptors (Lipinski definition) is 1. The van der Waals surface area contributed by atoms with E-state index in [2.05, 4.69) is 12.2 Å². The van der Waals surface area contributed by atoms with E-state index in [1.807, 2.05) is 6.92 Å². The molecule has 0 amide bonds. The maximum atomic E-state index is 13.4. The maximum absolute atomic E-state index is 13.4. The number of anilines is 1. The first-order valence-electron chi connectivity index (χ1n) is 5.26. The van der Waals surface area contributed by atoms with Crippen LogP contribution in [-0.4, -0.2) is 6.04 Å². The van der Waals surface area contributed by atoms with E-state index in [4.69, 9.17) is 0 Å². The van der Waals surface area contributed by atoms with Gasteiger partial charge in [0.05, 0.1) is 5.69 Å². The van der Waals surface area contributed by atoms with Crippen LogP contribution < -0.4 is 5.32 Å². The first-order chi connectivity index (χ1) is 7.04. The molecule has 0 spiro atoms. The molecule has 0 saturated carbocycles. The van der Waals surface area contributed by atoms with Crippen molar-refractivity contribution in [3.63, 3.8) is 0 Å². The van der Waals surface area contributed by atoms with Gasteiger partial charge in [-0.15, -0.1) is 0 Å². The molecule has 0 aliphatic carbocycles. The van der Waals surface area contributed by atoms with E-state index < -0.39 is 5.82 Å². The fourth-order valence-electron chi connectivity index (χ4n) is 1.53. The van der Waals surface area contributed by atoms with Crippen LogP contribution in [0.15, 0.2) is 12.1 Å². The van der Waals surface area contributed by atoms with Crippen LogP contribution in [0.1, 0.15) is 32.3 Å². The fraction of sp³-hybridized carbons (Fsp3) is 0.500. The molecular formula is C12H17F2N. The first kappa shape index (κ1) is 12.0. The molecule has 0 heterocycles. The Hall–Kier alpha value is -1.12. The second-order valence-electron chi connectivity index (χ2n) is 3.92. The molecule has 1 unspecified atom stereocenters. The molecule has 0 aliphatic heterocycles. The molecule has 0 fully saturated rings. The van der Waals surface area contributed by atoms with E-state index in [1.165, 1.54) is 12.1 Å². The summed E-state index contributed by atoms with van der Waals surface area (Å²) in [5, 5.41) is 2.96. The lowest BCUT2D eigenvalue weighted by molar-refractivity contribution is 0.589. The summed E-state index contributed by atoms with van der Waals surface area (Å²) in [7, 11) is 0. The largest absolute Gasteiger partial charge is 0.380 e. The second kappa shape index (κ2) is 5.10. The van der Waals surface area contributed by atoms with E-state index in [0.717, 1.165) is 12.8 Å². The second-order valence-corrected chi connectivity index (χ2v) is 3.92. The average Bonchev–Trinajstić information content (AvgIpc) is 2.14. The van der Waals surface area contributed by atoms with E-state index in [1.54, 1.807) is 6.92 Å². The van der Waals surface area contributed by atoms with Gasteiger partial charge in [-0.25, -0.2) is 8.78 Å². The van der Waals surface area contributed by atoms with Crippen molar-refractivity contribution in [3.8, 4) is 0 Å². The third-order valence-electron chi connectivity index (χ3n) is 2.37. The highest BCUT2D eigenvalue weighted by Crippen LogP contribution is 2.20. The standard InChI is InChI=1S/C12H17F2N/c1-4-5-9(3)15-12-7-10(13)8(2)6-11(12)14/h6-7,9,15H,4-5H2,1-3H3. The van der Waals surface area contributed by atoms with Gasteiger partial charge in [0.2, 0.25) is 0 Å². The summed E-state index contributed by atoms with van der Waals surface area (Å²) in [6.45, 7) is 5.57. The minimum Gasteiger partial charge on any atom is -0.380 e. The van der Waals surface area contributed by atoms with Crippen molar-refractivity contribution in [2.45, 2.75) is 39.7 Å². The van der Waals surface area contributed by atoms with Crippen LogP contribution in [0.5, 0.6) is 0 Å². The normalized spacial score (nSPS) is 12.6. The van der Waals surface area contributed by atoms with Crippen molar-refractivity contribution in [2.75, 3.05) is 5.32 Å². The van der Waals surface area contributed by atoms with Crippen LogP contribution in [0.25, 0.3) is 0 Å². The molecule has 0 radical (unpaired) electrons. The lowest BCUT2D eigenvalue weighted by Crippen LogP contribution is -2.15. The van der Waals surface area contributed by atoms with E-state index in [-0.39, 0.29) is 17.5 Å². The zero-order chi connectivity index (χ0) is 11.4. The minimum atomic E-state index is -0.392. The lowest BCUT2D eigenvalue weighted by Gasteiger charge is -2.15. The molecule has 1 rings (SSSR count). The predicted molar refractivity (Wildman–Crippen MR) is 59.1 cm³/mol. The number of nitrogens with one attached hydrogen (secondary N) is 1. The summed E-state index contributed by atoms with van der Waals surface area (Å²) < 4.78 is 26.6. The quantitative estimate of drug-likeness (QED) is 0.800. The molecule has 1 nitrogen and oxygen atoms in total. The fourth-order valence-corrected chi connectivity index (χ4v) is 1.53. The topological polar surface area (TPSA) is 12.0 Å². The molecule has 1 atom stereocenters. The van der Waals surface area contributed by atoms with E-state index in [9.17, 15) is 8.78 Å². The van der Waals surface area contributed by atoms with Gasteiger partial charge in [0.15, 0.2) is 0 Å². The zero-order valence-corrected chi connectivity index (χ0v) is 9.40. The van der Waals surface area contributed by atoms with Gasteiger partial charge < -0.3 is 5.32 Å². The highest BCUT2D eigenvalue weighted by molar-refractivity contribution is 5.47. The smallest absolute Gasteiger partial charge is 0.146 e. The average molecular weight is 213 g/mol. The predicted octanol–water partition coefficient (Wildman–Crippen LogP) is 3.87. The molecule has 0 saturated heterocycles. The van der Waals surface area contributed by atoms with Crippen molar-refractivity contribution in [2.24, 2.45) is 0 Å². The monoisotopic (exact) mass is 213 g/mol. The Morgan fingerprint density at radius 2 is 1.93 bits per heavy atom. The Balaban J connectivity index is 2.81. The molecule has 84 valence electrons. The third kappa shape index (κ3) is 3.18. The van der Waals surface area contributed by atoms with Crippen LogP contribution >= 0.6 is 0 Å². The number of benzene rings is 1. The van der Waals surface area contributed by atoms with Crippen molar-refractivity contribution in [1.82, 2.24) is 0 Å².